The third-order valence-corrected chi connectivity index (χ3v) is 5.05. The highest BCUT2D eigenvalue weighted by Gasteiger charge is 2.44. The normalized spacial score (nSPS) is 26.8. The van der Waals surface area contributed by atoms with Gasteiger partial charge in [-0.15, -0.1) is 0 Å². The molecule has 26 heavy (non-hydrogen) atoms. The SMILES string of the molecule is COC(=O)C1NNC2CCN(C(=O)Nc3ccc4c(c3)OCCO4)CC21. The van der Waals surface area contributed by atoms with Crippen LogP contribution in [0.5, 0.6) is 11.5 Å². The summed E-state index contributed by atoms with van der Waals surface area (Å²) < 4.78 is 15.9. The number of ether oxygens (including phenoxy) is 3. The van der Waals surface area contributed by atoms with Gasteiger partial charge in [0.15, 0.2) is 11.5 Å². The molecule has 1 aromatic rings. The van der Waals surface area contributed by atoms with Gasteiger partial charge in [0.05, 0.1) is 7.11 Å². The van der Waals surface area contributed by atoms with Crippen molar-refractivity contribution in [1.29, 1.82) is 0 Å². The second kappa shape index (κ2) is 7.00. The molecule has 140 valence electrons. The minimum absolute atomic E-state index is 0.0257. The molecule has 3 aliphatic heterocycles. The molecule has 0 bridgehead atoms. The number of methoxy groups -OCH3 is 1. The predicted molar refractivity (Wildman–Crippen MR) is 92.0 cm³/mol. The number of hydrogen-bond acceptors (Lipinski definition) is 7. The van der Waals surface area contributed by atoms with E-state index in [4.69, 9.17) is 14.2 Å². The molecule has 0 radical (unpaired) electrons. The molecule has 2 saturated heterocycles. The van der Waals surface area contributed by atoms with E-state index < -0.39 is 6.04 Å². The summed E-state index contributed by atoms with van der Waals surface area (Å²) in [5, 5.41) is 2.89. The standard InChI is InChI=1S/C17H22N4O5/c1-24-16(22)15-11-9-21(5-4-12(11)19-20-15)17(23)18-10-2-3-13-14(8-10)26-7-6-25-13/h2-3,8,11-12,15,19-20H,4-7,9H2,1H3,(H,18,23). The quantitative estimate of drug-likeness (QED) is 0.652. The van der Waals surface area contributed by atoms with Crippen molar-refractivity contribution in [3.8, 4) is 11.5 Å². The molecule has 9 nitrogen and oxygen atoms in total. The Kier molecular flexibility index (Phi) is 4.56. The van der Waals surface area contributed by atoms with E-state index in [1.807, 2.05) is 0 Å². The first kappa shape index (κ1) is 16.9. The summed E-state index contributed by atoms with van der Waals surface area (Å²) in [6.07, 6.45) is 0.764. The molecule has 0 aromatic heterocycles. The number of piperidine rings is 1. The van der Waals surface area contributed by atoms with Gasteiger partial charge in [-0.25, -0.2) is 10.2 Å². The second-order valence-corrected chi connectivity index (χ2v) is 6.58. The predicted octanol–water partition coefficient (Wildman–Crippen LogP) is 0.330. The smallest absolute Gasteiger partial charge is 0.324 e. The van der Waals surface area contributed by atoms with Crippen LogP contribution in [0.25, 0.3) is 0 Å². The van der Waals surface area contributed by atoms with Crippen molar-refractivity contribution < 1.29 is 23.8 Å². The Balaban J connectivity index is 1.41. The maximum Gasteiger partial charge on any atom is 0.324 e. The van der Waals surface area contributed by atoms with E-state index in [0.29, 0.717) is 43.5 Å². The number of fused-ring (bicyclic) bond motifs is 2. The summed E-state index contributed by atoms with van der Waals surface area (Å²) >= 11 is 0. The number of hydrazine groups is 1. The molecule has 9 heteroatoms. The van der Waals surface area contributed by atoms with Gasteiger partial charge in [-0.1, -0.05) is 0 Å². The lowest BCUT2D eigenvalue weighted by molar-refractivity contribution is -0.144. The van der Waals surface area contributed by atoms with Gasteiger partial charge < -0.3 is 24.4 Å². The van der Waals surface area contributed by atoms with Gasteiger partial charge in [-0.2, -0.15) is 0 Å². The minimum Gasteiger partial charge on any atom is -0.486 e. The van der Waals surface area contributed by atoms with Crippen LogP contribution in [0.1, 0.15) is 6.42 Å². The number of anilines is 1. The van der Waals surface area contributed by atoms with Gasteiger partial charge in [0, 0.05) is 36.8 Å². The fraction of sp³-hybridized carbons (Fsp3) is 0.529. The Morgan fingerprint density at radius 1 is 1.23 bits per heavy atom. The van der Waals surface area contributed by atoms with Crippen LogP contribution in [-0.4, -0.2) is 62.4 Å². The number of benzene rings is 1. The Morgan fingerprint density at radius 3 is 2.85 bits per heavy atom. The number of nitrogens with one attached hydrogen (secondary N) is 3. The largest absolute Gasteiger partial charge is 0.486 e. The van der Waals surface area contributed by atoms with Crippen LogP contribution < -0.4 is 25.6 Å². The maximum absolute atomic E-state index is 12.7. The Bertz CT molecular complexity index is 712. The van der Waals surface area contributed by atoms with Crippen molar-refractivity contribution >= 4 is 17.7 Å². The highest BCUT2D eigenvalue weighted by atomic mass is 16.6. The van der Waals surface area contributed by atoms with Crippen LogP contribution in [-0.2, 0) is 9.53 Å². The molecule has 0 spiro atoms. The van der Waals surface area contributed by atoms with E-state index in [1.54, 1.807) is 23.1 Å². The van der Waals surface area contributed by atoms with Crippen molar-refractivity contribution in [3.63, 3.8) is 0 Å². The van der Waals surface area contributed by atoms with Crippen LogP contribution >= 0.6 is 0 Å². The minimum atomic E-state index is -0.449. The first-order valence-corrected chi connectivity index (χ1v) is 8.70. The topological polar surface area (TPSA) is 101 Å². The number of esters is 1. The molecule has 1 aromatic carbocycles. The summed E-state index contributed by atoms with van der Waals surface area (Å²) in [5.74, 6) is 0.961. The highest BCUT2D eigenvalue weighted by molar-refractivity contribution is 5.90. The monoisotopic (exact) mass is 362 g/mol. The van der Waals surface area contributed by atoms with Gasteiger partial charge in [0.1, 0.15) is 19.3 Å². The summed E-state index contributed by atoms with van der Waals surface area (Å²) in [6, 6.07) is 4.83. The van der Waals surface area contributed by atoms with Crippen LogP contribution in [0.2, 0.25) is 0 Å². The number of likely N-dealkylation sites (tertiary alicyclic amines) is 1. The average Bonchev–Trinajstić information content (AvgIpc) is 3.10. The molecule has 3 aliphatic rings. The van der Waals surface area contributed by atoms with Crippen molar-refractivity contribution in [1.82, 2.24) is 15.8 Å². The average molecular weight is 362 g/mol. The summed E-state index contributed by atoms with van der Waals surface area (Å²) in [6.45, 7) is 2.11. The first-order valence-electron chi connectivity index (χ1n) is 8.70. The molecule has 3 atom stereocenters. The Morgan fingerprint density at radius 2 is 2.04 bits per heavy atom. The van der Waals surface area contributed by atoms with Crippen LogP contribution in [0.15, 0.2) is 18.2 Å². The van der Waals surface area contributed by atoms with Crippen molar-refractivity contribution in [2.75, 3.05) is 38.7 Å². The molecule has 3 N–H and O–H groups in total. The summed E-state index contributed by atoms with van der Waals surface area (Å²) in [7, 11) is 1.37. The van der Waals surface area contributed by atoms with Gasteiger partial charge in [-0.3, -0.25) is 10.2 Å². The molecule has 0 saturated carbocycles. The number of carbonyl (C=O) groups is 2. The van der Waals surface area contributed by atoms with Gasteiger partial charge in [0.25, 0.3) is 0 Å². The van der Waals surface area contributed by atoms with Crippen LogP contribution in [0.3, 0.4) is 0 Å². The number of carbonyl (C=O) groups excluding carboxylic acids is 2. The van der Waals surface area contributed by atoms with E-state index in [1.165, 1.54) is 7.11 Å². The number of rotatable bonds is 2. The van der Waals surface area contributed by atoms with Crippen LogP contribution in [0, 0.1) is 5.92 Å². The van der Waals surface area contributed by atoms with Gasteiger partial charge >= 0.3 is 12.0 Å². The van der Waals surface area contributed by atoms with Crippen LogP contribution in [0.4, 0.5) is 10.5 Å². The lowest BCUT2D eigenvalue weighted by Gasteiger charge is -2.35. The summed E-state index contributed by atoms with van der Waals surface area (Å²) in [5.41, 5.74) is 6.75. The highest BCUT2D eigenvalue weighted by Crippen LogP contribution is 2.33. The van der Waals surface area contributed by atoms with Gasteiger partial charge in [0.2, 0.25) is 0 Å². The molecule has 3 heterocycles. The van der Waals surface area contributed by atoms with Crippen molar-refractivity contribution in [2.45, 2.75) is 18.5 Å². The molecular weight excluding hydrogens is 340 g/mol. The van der Waals surface area contributed by atoms with Crippen molar-refractivity contribution in [3.05, 3.63) is 18.2 Å². The zero-order valence-electron chi connectivity index (χ0n) is 14.5. The Labute approximate surface area is 150 Å². The van der Waals surface area contributed by atoms with E-state index in [-0.39, 0.29) is 24.0 Å². The lowest BCUT2D eigenvalue weighted by atomic mass is 9.88. The van der Waals surface area contributed by atoms with E-state index in [9.17, 15) is 9.59 Å². The van der Waals surface area contributed by atoms with Gasteiger partial charge in [-0.05, 0) is 18.6 Å². The molecular formula is C17H22N4O5. The third-order valence-electron chi connectivity index (χ3n) is 5.05. The first-order chi connectivity index (χ1) is 12.7. The Hall–Kier alpha value is -2.52. The van der Waals surface area contributed by atoms with Crippen molar-refractivity contribution in [2.24, 2.45) is 5.92 Å². The zero-order valence-corrected chi connectivity index (χ0v) is 14.5. The molecule has 3 unspecified atom stereocenters. The maximum atomic E-state index is 12.7. The third kappa shape index (κ3) is 3.15. The molecule has 2 amide bonds. The fourth-order valence-electron chi connectivity index (χ4n) is 3.67. The number of hydrogen-bond donors (Lipinski definition) is 3. The summed E-state index contributed by atoms with van der Waals surface area (Å²) in [4.78, 5) is 26.3. The lowest BCUT2D eigenvalue weighted by Crippen LogP contribution is -2.51. The molecule has 2 fully saturated rings. The van der Waals surface area contributed by atoms with E-state index >= 15 is 0 Å². The molecule has 4 rings (SSSR count). The number of nitrogens with zero attached hydrogens (tertiary/aromatic N) is 1. The van der Waals surface area contributed by atoms with E-state index in [2.05, 4.69) is 16.2 Å². The number of urea groups is 1. The zero-order chi connectivity index (χ0) is 18.1. The second-order valence-electron chi connectivity index (χ2n) is 6.58. The molecule has 0 aliphatic carbocycles. The van der Waals surface area contributed by atoms with E-state index in [0.717, 1.165) is 6.42 Å². The fourth-order valence-corrected chi connectivity index (χ4v) is 3.67. The number of amides is 2.